The summed E-state index contributed by atoms with van der Waals surface area (Å²) in [6, 6.07) is 15.9. The first-order valence-corrected chi connectivity index (χ1v) is 7.00. The Bertz CT molecular complexity index is 1040. The molecule has 0 radical (unpaired) electrons. The van der Waals surface area contributed by atoms with Gasteiger partial charge in [-0.05, 0) is 48.5 Å². The molecule has 0 aliphatic heterocycles. The molecule has 1 amide bonds. The first-order chi connectivity index (χ1) is 11.7. The number of nitriles is 1. The number of benzene rings is 2. The minimum Gasteiger partial charge on any atom is -0.464 e. The molecule has 0 aliphatic carbocycles. The highest BCUT2D eigenvalue weighted by molar-refractivity contribution is 5.97. The Balaban J connectivity index is 0.000000143. The molecule has 2 aromatic heterocycles. The first kappa shape index (κ1) is 15.3. The van der Waals surface area contributed by atoms with Crippen LogP contribution in [0.15, 0.2) is 69.9 Å². The topological polar surface area (TPSA) is 99.4 Å². The molecule has 118 valence electrons. The summed E-state index contributed by atoms with van der Waals surface area (Å²) in [4.78, 5) is 11.0. The molecule has 6 heteroatoms. The monoisotopic (exact) mass is 320 g/mol. The summed E-state index contributed by atoms with van der Waals surface area (Å²) < 4.78 is 10.2. The van der Waals surface area contributed by atoms with E-state index in [4.69, 9.17) is 19.3 Å². The lowest BCUT2D eigenvalue weighted by Gasteiger charge is -1.97. The van der Waals surface area contributed by atoms with Gasteiger partial charge in [-0.25, -0.2) is 5.48 Å². The van der Waals surface area contributed by atoms with Crippen LogP contribution in [-0.2, 0) is 0 Å². The number of fused-ring (bicyclic) bond motifs is 2. The van der Waals surface area contributed by atoms with Gasteiger partial charge >= 0.3 is 0 Å². The molecule has 24 heavy (non-hydrogen) atoms. The molecule has 6 nitrogen and oxygen atoms in total. The fraction of sp³-hybridized carbons (Fsp3) is 0. The highest BCUT2D eigenvalue weighted by Gasteiger charge is 2.05. The fourth-order valence-electron chi connectivity index (χ4n) is 2.21. The van der Waals surface area contributed by atoms with Gasteiger partial charge in [0, 0.05) is 16.3 Å². The van der Waals surface area contributed by atoms with Crippen molar-refractivity contribution in [1.82, 2.24) is 5.48 Å². The number of carbonyl (C=O) groups excluding carboxylic acids is 1. The molecule has 0 spiro atoms. The molecule has 2 aromatic carbocycles. The van der Waals surface area contributed by atoms with Crippen LogP contribution in [0.5, 0.6) is 0 Å². The highest BCUT2D eigenvalue weighted by atomic mass is 16.5. The summed E-state index contributed by atoms with van der Waals surface area (Å²) in [6.07, 6.45) is 3.16. The van der Waals surface area contributed by atoms with Gasteiger partial charge in [-0.1, -0.05) is 0 Å². The molecule has 2 heterocycles. The molecular formula is C18H12N2O4. The Morgan fingerprint density at radius 1 is 0.958 bits per heavy atom. The third-order valence-corrected chi connectivity index (χ3v) is 3.40. The molecule has 0 saturated heterocycles. The zero-order valence-corrected chi connectivity index (χ0v) is 12.4. The van der Waals surface area contributed by atoms with Gasteiger partial charge in [0.2, 0.25) is 0 Å². The Kier molecular flexibility index (Phi) is 4.27. The molecule has 4 aromatic rings. The zero-order valence-electron chi connectivity index (χ0n) is 12.4. The summed E-state index contributed by atoms with van der Waals surface area (Å²) in [7, 11) is 0. The van der Waals surface area contributed by atoms with E-state index < -0.39 is 5.91 Å². The van der Waals surface area contributed by atoms with E-state index in [0.29, 0.717) is 11.1 Å². The van der Waals surface area contributed by atoms with E-state index in [-0.39, 0.29) is 0 Å². The number of hydrogen-bond donors (Lipinski definition) is 2. The number of rotatable bonds is 1. The van der Waals surface area contributed by atoms with Crippen molar-refractivity contribution in [1.29, 1.82) is 5.26 Å². The van der Waals surface area contributed by atoms with Crippen LogP contribution >= 0.6 is 0 Å². The lowest BCUT2D eigenvalue weighted by Crippen LogP contribution is -2.18. The van der Waals surface area contributed by atoms with Gasteiger partial charge in [0.25, 0.3) is 5.91 Å². The third kappa shape index (κ3) is 3.11. The molecule has 0 fully saturated rings. The van der Waals surface area contributed by atoms with Crippen LogP contribution in [0.3, 0.4) is 0 Å². The second-order valence-corrected chi connectivity index (χ2v) is 4.90. The van der Waals surface area contributed by atoms with Crippen molar-refractivity contribution in [2.75, 3.05) is 0 Å². The maximum Gasteiger partial charge on any atom is 0.274 e. The van der Waals surface area contributed by atoms with E-state index in [1.165, 1.54) is 0 Å². The van der Waals surface area contributed by atoms with Gasteiger partial charge in [0.1, 0.15) is 11.2 Å². The van der Waals surface area contributed by atoms with Crippen LogP contribution in [0, 0.1) is 11.3 Å². The quantitative estimate of drug-likeness (QED) is 0.410. The van der Waals surface area contributed by atoms with Gasteiger partial charge in [-0.15, -0.1) is 0 Å². The Labute approximate surface area is 136 Å². The van der Waals surface area contributed by atoms with Crippen molar-refractivity contribution >= 4 is 27.8 Å². The summed E-state index contributed by atoms with van der Waals surface area (Å²) in [5, 5.41) is 18.8. The molecule has 0 saturated carbocycles. The third-order valence-electron chi connectivity index (χ3n) is 3.40. The van der Waals surface area contributed by atoms with Gasteiger partial charge < -0.3 is 8.83 Å². The van der Waals surface area contributed by atoms with Crippen molar-refractivity contribution in [2.24, 2.45) is 0 Å². The summed E-state index contributed by atoms with van der Waals surface area (Å²) in [5.41, 5.74) is 4.17. The lowest BCUT2D eigenvalue weighted by atomic mass is 10.1. The van der Waals surface area contributed by atoms with Crippen molar-refractivity contribution in [3.05, 3.63) is 72.2 Å². The molecule has 0 unspecified atom stereocenters. The maximum absolute atomic E-state index is 11.0. The fourth-order valence-corrected chi connectivity index (χ4v) is 2.21. The van der Waals surface area contributed by atoms with Crippen LogP contribution in [0.2, 0.25) is 0 Å². The van der Waals surface area contributed by atoms with Crippen molar-refractivity contribution in [3.8, 4) is 6.07 Å². The second kappa shape index (κ2) is 6.69. The van der Waals surface area contributed by atoms with E-state index in [9.17, 15) is 4.79 Å². The van der Waals surface area contributed by atoms with Crippen LogP contribution in [-0.4, -0.2) is 11.1 Å². The molecular weight excluding hydrogens is 308 g/mol. The second-order valence-electron chi connectivity index (χ2n) is 4.90. The van der Waals surface area contributed by atoms with Crippen LogP contribution < -0.4 is 5.48 Å². The largest absolute Gasteiger partial charge is 0.464 e. The molecule has 0 atom stereocenters. The predicted molar refractivity (Wildman–Crippen MR) is 86.4 cm³/mol. The zero-order chi connectivity index (χ0) is 16.9. The van der Waals surface area contributed by atoms with Gasteiger partial charge in [-0.2, -0.15) is 5.26 Å². The minimum absolute atomic E-state index is 0.399. The average Bonchev–Trinajstić information content (AvgIpc) is 3.28. The minimum atomic E-state index is -0.525. The molecule has 2 N–H and O–H groups in total. The van der Waals surface area contributed by atoms with Crippen LogP contribution in [0.4, 0.5) is 0 Å². The first-order valence-electron chi connectivity index (χ1n) is 7.00. The SMILES string of the molecule is N#Cc1ccc2occc2c1.O=C(NO)c1ccc2occc2c1. The highest BCUT2D eigenvalue weighted by Crippen LogP contribution is 2.17. The molecule has 4 rings (SSSR count). The summed E-state index contributed by atoms with van der Waals surface area (Å²) in [5.74, 6) is -0.525. The smallest absolute Gasteiger partial charge is 0.274 e. The van der Waals surface area contributed by atoms with Gasteiger partial charge in [-0.3, -0.25) is 10.0 Å². The van der Waals surface area contributed by atoms with E-state index in [0.717, 1.165) is 21.9 Å². The van der Waals surface area contributed by atoms with E-state index in [2.05, 4.69) is 6.07 Å². The average molecular weight is 320 g/mol. The number of hydrogen-bond acceptors (Lipinski definition) is 5. The standard InChI is InChI=1S/C9H7NO3.C9H5NO/c11-9(10-12)7-1-2-8-6(5-7)3-4-13-8;10-6-7-1-2-9-8(5-7)3-4-11-9/h1-5,12H,(H,10,11);1-5H. The number of nitrogens with one attached hydrogen (secondary N) is 1. The normalized spacial score (nSPS) is 10.0. The number of nitrogens with zero attached hydrogens (tertiary/aromatic N) is 1. The maximum atomic E-state index is 11.0. The van der Waals surface area contributed by atoms with Crippen molar-refractivity contribution in [3.63, 3.8) is 0 Å². The Morgan fingerprint density at radius 3 is 2.21 bits per heavy atom. The van der Waals surface area contributed by atoms with Crippen LogP contribution in [0.25, 0.3) is 21.9 Å². The van der Waals surface area contributed by atoms with Crippen molar-refractivity contribution in [2.45, 2.75) is 0 Å². The Hall–Kier alpha value is -3.56. The van der Waals surface area contributed by atoms with Gasteiger partial charge in [0.05, 0.1) is 24.2 Å². The lowest BCUT2D eigenvalue weighted by molar-refractivity contribution is 0.0706. The van der Waals surface area contributed by atoms with Gasteiger partial charge in [0.15, 0.2) is 0 Å². The summed E-state index contributed by atoms with van der Waals surface area (Å²) >= 11 is 0. The predicted octanol–water partition coefficient (Wildman–Crippen LogP) is 3.86. The van der Waals surface area contributed by atoms with Crippen LogP contribution in [0.1, 0.15) is 15.9 Å². The summed E-state index contributed by atoms with van der Waals surface area (Å²) in [6.45, 7) is 0. The molecule has 0 aliphatic rings. The molecule has 0 bridgehead atoms. The number of hydroxylamine groups is 1. The number of carbonyl (C=O) groups is 1. The van der Waals surface area contributed by atoms with E-state index >= 15 is 0 Å². The Morgan fingerprint density at radius 2 is 1.58 bits per heavy atom. The number of amides is 1. The van der Waals surface area contributed by atoms with E-state index in [1.807, 2.05) is 6.07 Å². The van der Waals surface area contributed by atoms with E-state index in [1.54, 1.807) is 60.5 Å². The number of furan rings is 2. The van der Waals surface area contributed by atoms with Crippen molar-refractivity contribution < 1.29 is 18.8 Å².